The molecule has 672 valence electrons. The van der Waals surface area contributed by atoms with Crippen LogP contribution in [0.2, 0.25) is 0 Å². The number of esters is 1. The summed E-state index contributed by atoms with van der Waals surface area (Å²) in [6.45, 7) is 88.4. The maximum atomic E-state index is 12.2. The van der Waals surface area contributed by atoms with Crippen molar-refractivity contribution in [2.24, 2.45) is 5.92 Å². The van der Waals surface area contributed by atoms with Crippen molar-refractivity contribution >= 4 is 23.3 Å². The first-order valence-corrected chi connectivity index (χ1v) is 44.2. The van der Waals surface area contributed by atoms with Gasteiger partial charge in [0.1, 0.15) is 79.6 Å². The predicted octanol–water partition coefficient (Wildman–Crippen LogP) is 22.0. The fourth-order valence-electron chi connectivity index (χ4n) is 16.0. The number of anilines is 1. The zero-order valence-corrected chi connectivity index (χ0v) is 81.7. The number of carbonyl (C=O) groups excluding carboxylic acids is 3. The third kappa shape index (κ3) is 38.4. The average molecular weight is 1650 g/mol. The van der Waals surface area contributed by atoms with E-state index >= 15 is 0 Å². The maximum Gasteiger partial charge on any atom is 0.308 e. The van der Waals surface area contributed by atoms with E-state index in [1.807, 2.05) is 63.2 Å². The van der Waals surface area contributed by atoms with E-state index in [-0.39, 0.29) is 97.7 Å². The molecule has 0 spiro atoms. The van der Waals surface area contributed by atoms with Gasteiger partial charge < -0.3 is 52.7 Å². The standard InChI is InChI=1S/C26H45NO3.C25H43NO4.C25H41NO3.C24H40N2O3/c1-20(2)27(25(3,4)5)17-24(30-26(6,7)8)19-29-23-13-11-21(12-14-23)15-16-28-18-22-9-10-22;1-16(2)26(24(7,8)9)14-21(30-25(10,11)12)15-28-22-13-17(3)23(29-20(6)27)19(5)18(22)4;1-23(2,3)26(24(4,5)6)16-18(29-25(7,8)9)17-28-22-15-11-12-19-20(22)13-10-14-21(19)27;1-22(2,3)26(23(4,5)6)15-17(29-24(7,8)9)16-28-20-12-10-11-19-18(20)13-14-21(27)25-19/h11-14,20,22,24H,9-10,15-19H2,1-8H3;13,16,21H,14-15H2,1-12H3;11-12,15,18H,10,13-14,16-17H2,1-9H3;10-12,17H,13-16H2,1-9H3,(H,25,27)/t;;18-;17-/m..00/s1. The predicted molar refractivity (Wildman–Crippen MR) is 489 cm³/mol. The quantitative estimate of drug-likeness (QED) is 0.0278. The molecule has 0 aromatic heterocycles. The number of nitrogens with one attached hydrogen (secondary N) is 1. The van der Waals surface area contributed by atoms with E-state index in [0.717, 1.165) is 127 Å². The highest BCUT2D eigenvalue weighted by Gasteiger charge is 2.39. The topological polar surface area (TPSA) is 168 Å². The lowest BCUT2D eigenvalue weighted by Crippen LogP contribution is -2.56. The van der Waals surface area contributed by atoms with Gasteiger partial charge in [-0.2, -0.15) is 0 Å². The summed E-state index contributed by atoms with van der Waals surface area (Å²) in [5.41, 5.74) is 7.03. The Morgan fingerprint density at radius 3 is 1.26 bits per heavy atom. The molecule has 1 heterocycles. The minimum Gasteiger partial charge on any atom is -0.491 e. The lowest BCUT2D eigenvalue weighted by molar-refractivity contribution is -0.132. The molecular formula is C100H169N5O13. The van der Waals surface area contributed by atoms with Crippen LogP contribution in [0.15, 0.2) is 66.7 Å². The Hall–Kier alpha value is -5.67. The highest BCUT2D eigenvalue weighted by atomic mass is 16.6. The Balaban J connectivity index is 0.000000331. The number of nitrogens with zero attached hydrogens (tertiary/aromatic N) is 4. The number of amides is 1. The van der Waals surface area contributed by atoms with Crippen LogP contribution >= 0.6 is 0 Å². The number of ether oxygens (including phenoxy) is 10. The molecule has 7 rings (SSSR count). The van der Waals surface area contributed by atoms with Crippen molar-refractivity contribution in [3.05, 3.63) is 106 Å². The van der Waals surface area contributed by atoms with E-state index in [1.54, 1.807) is 0 Å². The number of aryl methyl sites for hydroxylation is 1. The van der Waals surface area contributed by atoms with Gasteiger partial charge >= 0.3 is 5.97 Å². The van der Waals surface area contributed by atoms with Gasteiger partial charge in [0, 0.05) is 120 Å². The minimum absolute atomic E-state index is 0.00197. The summed E-state index contributed by atoms with van der Waals surface area (Å²) >= 11 is 0. The van der Waals surface area contributed by atoms with E-state index in [2.05, 4.69) is 285 Å². The summed E-state index contributed by atoms with van der Waals surface area (Å²) < 4.78 is 61.7. The van der Waals surface area contributed by atoms with Crippen molar-refractivity contribution in [2.45, 2.75) is 407 Å². The monoisotopic (exact) mass is 1650 g/mol. The summed E-state index contributed by atoms with van der Waals surface area (Å²) in [6, 6.07) is 22.9. The molecule has 1 saturated carbocycles. The molecule has 118 heavy (non-hydrogen) atoms. The fraction of sp³-hybridized carbons (Fsp3) is 0.730. The van der Waals surface area contributed by atoms with Gasteiger partial charge in [0.15, 0.2) is 5.78 Å². The summed E-state index contributed by atoms with van der Waals surface area (Å²) in [5.74, 6) is 4.79. The van der Waals surface area contributed by atoms with E-state index in [0.29, 0.717) is 63.5 Å². The van der Waals surface area contributed by atoms with Gasteiger partial charge in [-0.25, -0.2) is 0 Å². The van der Waals surface area contributed by atoms with Crippen LogP contribution in [-0.2, 0) is 52.5 Å². The van der Waals surface area contributed by atoms with Gasteiger partial charge in [-0.05, 0) is 359 Å². The number of ketones is 1. The van der Waals surface area contributed by atoms with Crippen LogP contribution in [0.25, 0.3) is 0 Å². The Kier molecular flexibility index (Phi) is 39.1. The second-order valence-electron chi connectivity index (χ2n) is 43.6. The molecule has 4 aromatic rings. The molecule has 3 aliphatic rings. The van der Waals surface area contributed by atoms with Crippen LogP contribution in [-0.4, -0.2) is 195 Å². The molecule has 0 saturated heterocycles. The molecule has 1 amide bonds. The van der Waals surface area contributed by atoms with E-state index in [1.165, 1.54) is 25.3 Å². The SMILES string of the molecule is CC(=O)Oc1c(C)cc(OCC(CN(C(C)C)C(C)(C)C)OC(C)(C)C)c(C)c1C.CC(C)(C)O[C@H](COc1cccc2c1CCC(=O)N2)CN(C(C)(C)C)C(C)(C)C.CC(C)(C)O[C@H](COc1cccc2c1CCCC2=O)CN(C(C)(C)C)C(C)(C)C.CC(C)N(CC(COc1ccc(CCOCC2CC2)cc1)OC(C)(C)C)C(C)(C)C. The first-order valence-electron chi connectivity index (χ1n) is 44.2. The summed E-state index contributed by atoms with van der Waals surface area (Å²) in [5, 5.41) is 2.94. The molecule has 1 N–H and O–H groups in total. The first-order chi connectivity index (χ1) is 53.8. The molecule has 2 unspecified atom stereocenters. The highest BCUT2D eigenvalue weighted by molar-refractivity contribution is 5.99. The third-order valence-electron chi connectivity index (χ3n) is 20.6. The van der Waals surface area contributed by atoms with Crippen molar-refractivity contribution in [1.82, 2.24) is 19.6 Å². The molecule has 2 aliphatic carbocycles. The second-order valence-corrected chi connectivity index (χ2v) is 43.6. The average Bonchev–Trinajstić information content (AvgIpc) is 1.13. The van der Waals surface area contributed by atoms with Gasteiger partial charge in [0.25, 0.3) is 0 Å². The molecule has 0 radical (unpaired) electrons. The molecule has 1 fully saturated rings. The van der Waals surface area contributed by atoms with Gasteiger partial charge in [-0.15, -0.1) is 0 Å². The van der Waals surface area contributed by atoms with E-state index in [9.17, 15) is 14.4 Å². The summed E-state index contributed by atoms with van der Waals surface area (Å²) in [7, 11) is 0. The number of hydrogen-bond acceptors (Lipinski definition) is 17. The Morgan fingerprint density at radius 2 is 0.864 bits per heavy atom. The number of rotatable bonds is 32. The van der Waals surface area contributed by atoms with Crippen molar-refractivity contribution in [2.75, 3.05) is 71.1 Å². The zero-order valence-electron chi connectivity index (χ0n) is 81.7. The molecule has 4 aromatic carbocycles. The van der Waals surface area contributed by atoms with Gasteiger partial charge in [0.05, 0.1) is 29.0 Å². The summed E-state index contributed by atoms with van der Waals surface area (Å²) in [4.78, 5) is 45.2. The molecular weight excluding hydrogens is 1480 g/mol. The Labute approximate surface area is 719 Å². The van der Waals surface area contributed by atoms with Crippen LogP contribution in [0.3, 0.4) is 0 Å². The number of Topliss-reactive ketones (excluding diaryl/α,β-unsaturated/α-hetero) is 1. The van der Waals surface area contributed by atoms with Crippen molar-refractivity contribution in [1.29, 1.82) is 0 Å². The molecule has 1 aliphatic heterocycles. The normalized spacial score (nSPS) is 15.8. The fourth-order valence-corrected chi connectivity index (χ4v) is 16.0. The van der Waals surface area contributed by atoms with Gasteiger partial charge in [-0.1, -0.05) is 30.3 Å². The lowest BCUT2D eigenvalue weighted by atomic mass is 9.90. The molecule has 4 atom stereocenters. The number of benzene rings is 4. The minimum atomic E-state index is -0.316. The zero-order chi connectivity index (χ0) is 89.9. The van der Waals surface area contributed by atoms with E-state index < -0.39 is 0 Å². The van der Waals surface area contributed by atoms with Gasteiger partial charge in [0.2, 0.25) is 5.91 Å². The second kappa shape index (κ2) is 44.1. The van der Waals surface area contributed by atoms with Crippen molar-refractivity contribution in [3.8, 4) is 28.7 Å². The van der Waals surface area contributed by atoms with Crippen LogP contribution < -0.4 is 29.0 Å². The number of hydrogen-bond donors (Lipinski definition) is 1. The third-order valence-corrected chi connectivity index (χ3v) is 20.6. The van der Waals surface area contributed by atoms with Crippen molar-refractivity contribution in [3.63, 3.8) is 0 Å². The smallest absolute Gasteiger partial charge is 0.308 e. The lowest BCUT2D eigenvalue weighted by Gasteiger charge is -2.47. The highest BCUT2D eigenvalue weighted by Crippen LogP contribution is 2.38. The first kappa shape index (κ1) is 105. The largest absolute Gasteiger partial charge is 0.491 e. The Morgan fingerprint density at radius 1 is 0.458 bits per heavy atom. The van der Waals surface area contributed by atoms with Gasteiger partial charge in [-0.3, -0.25) is 34.0 Å². The van der Waals surface area contributed by atoms with Crippen molar-refractivity contribution < 1.29 is 61.8 Å². The van der Waals surface area contributed by atoms with Crippen LogP contribution in [0.4, 0.5) is 5.69 Å². The van der Waals surface area contributed by atoms with Crippen LogP contribution in [0.5, 0.6) is 28.7 Å². The Bertz CT molecular complexity index is 3690. The number of fused-ring (bicyclic) bond motifs is 2. The maximum absolute atomic E-state index is 12.2. The van der Waals surface area contributed by atoms with Crippen LogP contribution in [0, 0.1) is 26.7 Å². The molecule has 0 bridgehead atoms. The number of carbonyl (C=O) groups is 3. The summed E-state index contributed by atoms with van der Waals surface area (Å²) in [6.07, 6.45) is 7.04. The van der Waals surface area contributed by atoms with E-state index in [4.69, 9.17) is 47.4 Å². The molecule has 18 heteroatoms. The molecule has 18 nitrogen and oxygen atoms in total. The van der Waals surface area contributed by atoms with Crippen LogP contribution in [0.1, 0.15) is 318 Å².